The predicted octanol–water partition coefficient (Wildman–Crippen LogP) is 4.07. The number of carbonyl (C=O) groups is 1. The molecular formula is C23H18ClN3O3. The van der Waals surface area contributed by atoms with Crippen molar-refractivity contribution in [3.05, 3.63) is 76.4 Å². The fourth-order valence-electron chi connectivity index (χ4n) is 3.53. The minimum atomic E-state index is -0.485. The molecule has 3 aromatic rings. The summed E-state index contributed by atoms with van der Waals surface area (Å²) >= 11 is 5.94. The number of aliphatic imine (C=N–C) groups is 1. The summed E-state index contributed by atoms with van der Waals surface area (Å²) < 4.78 is 10.9. The lowest BCUT2D eigenvalue weighted by Crippen LogP contribution is -2.37. The van der Waals surface area contributed by atoms with Crippen molar-refractivity contribution in [2.24, 2.45) is 4.99 Å². The van der Waals surface area contributed by atoms with Crippen LogP contribution < -0.4 is 4.90 Å². The average molecular weight is 420 g/mol. The third-order valence-electron chi connectivity index (χ3n) is 5.05. The lowest BCUT2D eigenvalue weighted by Gasteiger charge is -2.29. The van der Waals surface area contributed by atoms with Gasteiger partial charge in [0.25, 0.3) is 0 Å². The molecule has 0 amide bonds. The number of rotatable bonds is 3. The van der Waals surface area contributed by atoms with E-state index in [0.717, 1.165) is 35.4 Å². The number of carbonyl (C=O) groups excluding carboxylic acids is 1. The van der Waals surface area contributed by atoms with Crippen molar-refractivity contribution < 1.29 is 14.3 Å². The highest BCUT2D eigenvalue weighted by molar-refractivity contribution is 6.30. The van der Waals surface area contributed by atoms with Crippen LogP contribution >= 0.6 is 11.6 Å². The van der Waals surface area contributed by atoms with Crippen molar-refractivity contribution in [2.75, 3.05) is 31.2 Å². The van der Waals surface area contributed by atoms with Gasteiger partial charge in [0.1, 0.15) is 5.82 Å². The number of nitrogens with zero attached hydrogens (tertiary/aromatic N) is 3. The van der Waals surface area contributed by atoms with E-state index in [1.54, 1.807) is 30.3 Å². The van der Waals surface area contributed by atoms with Gasteiger partial charge in [-0.15, -0.1) is 0 Å². The van der Waals surface area contributed by atoms with E-state index in [9.17, 15) is 4.79 Å². The Labute approximate surface area is 178 Å². The summed E-state index contributed by atoms with van der Waals surface area (Å²) in [6, 6.07) is 17.0. The molecule has 3 heterocycles. The molecule has 0 unspecified atom stereocenters. The molecule has 150 valence electrons. The second-order valence-electron chi connectivity index (χ2n) is 7.04. The highest BCUT2D eigenvalue weighted by Crippen LogP contribution is 2.28. The van der Waals surface area contributed by atoms with Crippen LogP contribution in [0.5, 0.6) is 0 Å². The Kier molecular flexibility index (Phi) is 4.94. The van der Waals surface area contributed by atoms with Crippen LogP contribution in [0.3, 0.4) is 0 Å². The highest BCUT2D eigenvalue weighted by atomic mass is 35.5. The monoisotopic (exact) mass is 419 g/mol. The molecule has 0 spiro atoms. The second-order valence-corrected chi connectivity index (χ2v) is 7.47. The third-order valence-corrected chi connectivity index (χ3v) is 5.30. The molecule has 5 rings (SSSR count). The lowest BCUT2D eigenvalue weighted by molar-refractivity contribution is -0.129. The van der Waals surface area contributed by atoms with Gasteiger partial charge in [-0.25, -0.2) is 14.8 Å². The van der Waals surface area contributed by atoms with E-state index in [-0.39, 0.29) is 11.6 Å². The Hall–Kier alpha value is -3.22. The number of ether oxygens (including phenoxy) is 2. The Morgan fingerprint density at radius 2 is 1.80 bits per heavy atom. The van der Waals surface area contributed by atoms with Crippen LogP contribution in [-0.2, 0) is 14.3 Å². The molecule has 2 aliphatic heterocycles. The number of esters is 1. The van der Waals surface area contributed by atoms with Crippen LogP contribution in [-0.4, -0.2) is 43.2 Å². The number of benzene rings is 2. The van der Waals surface area contributed by atoms with Gasteiger partial charge in [-0.05, 0) is 42.5 Å². The summed E-state index contributed by atoms with van der Waals surface area (Å²) in [4.78, 5) is 24.0. The summed E-state index contributed by atoms with van der Waals surface area (Å²) in [5.74, 6) is 0.595. The molecule has 2 aliphatic rings. The number of fused-ring (bicyclic) bond motifs is 1. The van der Waals surface area contributed by atoms with Gasteiger partial charge in [0.05, 0.1) is 18.7 Å². The smallest absolute Gasteiger partial charge is 0.363 e. The second kappa shape index (κ2) is 7.89. The fourth-order valence-corrected chi connectivity index (χ4v) is 3.66. The van der Waals surface area contributed by atoms with Crippen molar-refractivity contribution >= 4 is 46.3 Å². The fraction of sp³-hybridized carbons (Fsp3) is 0.174. The molecule has 0 N–H and O–H groups in total. The topological polar surface area (TPSA) is 64.0 Å². The summed E-state index contributed by atoms with van der Waals surface area (Å²) in [6.45, 7) is 2.77. The quantitative estimate of drug-likeness (QED) is 0.473. The first kappa shape index (κ1) is 18.8. The molecule has 7 heteroatoms. The number of morpholine rings is 1. The number of hydrogen-bond donors (Lipinski definition) is 0. The number of aromatic nitrogens is 1. The maximum atomic E-state index is 12.5. The standard InChI is InChI=1S/C23H18ClN3O3/c24-18-7-5-15(6-8-18)22-26-20(23(28)30-22)14-17-13-16-3-1-2-4-19(16)25-21(17)27-9-11-29-12-10-27/h1-8,13-14H,9-12H2/b20-14-. The van der Waals surface area contributed by atoms with E-state index in [2.05, 4.69) is 9.89 Å². The normalized spacial score (nSPS) is 18.0. The lowest BCUT2D eigenvalue weighted by atomic mass is 10.1. The van der Waals surface area contributed by atoms with E-state index in [1.807, 2.05) is 30.3 Å². The van der Waals surface area contributed by atoms with Gasteiger partial charge in [0.2, 0.25) is 5.90 Å². The zero-order valence-electron chi connectivity index (χ0n) is 16.0. The predicted molar refractivity (Wildman–Crippen MR) is 117 cm³/mol. The van der Waals surface area contributed by atoms with Gasteiger partial charge in [-0.1, -0.05) is 29.8 Å². The first-order valence-electron chi connectivity index (χ1n) is 9.68. The SMILES string of the molecule is O=C1OC(c2ccc(Cl)cc2)=N/C1=C\c1cc2ccccc2nc1N1CCOCC1. The number of pyridine rings is 1. The molecule has 1 fully saturated rings. The first-order chi connectivity index (χ1) is 14.7. The Morgan fingerprint density at radius 3 is 2.60 bits per heavy atom. The zero-order chi connectivity index (χ0) is 20.5. The Morgan fingerprint density at radius 1 is 1.03 bits per heavy atom. The molecule has 1 aromatic heterocycles. The molecule has 0 aliphatic carbocycles. The van der Waals surface area contributed by atoms with Crippen LogP contribution in [0.15, 0.2) is 65.3 Å². The number of anilines is 1. The van der Waals surface area contributed by atoms with E-state index in [1.165, 1.54) is 0 Å². The van der Waals surface area contributed by atoms with E-state index in [0.29, 0.717) is 23.8 Å². The van der Waals surface area contributed by atoms with E-state index in [4.69, 9.17) is 26.1 Å². The van der Waals surface area contributed by atoms with Gasteiger partial charge in [0.15, 0.2) is 5.70 Å². The van der Waals surface area contributed by atoms with Crippen molar-refractivity contribution in [3.8, 4) is 0 Å². The molecular weight excluding hydrogens is 402 g/mol. The van der Waals surface area contributed by atoms with Gasteiger partial charge < -0.3 is 14.4 Å². The van der Waals surface area contributed by atoms with Crippen molar-refractivity contribution in [2.45, 2.75) is 0 Å². The summed E-state index contributed by atoms with van der Waals surface area (Å²) in [5.41, 5.74) is 2.66. The van der Waals surface area contributed by atoms with Crippen LogP contribution in [0.25, 0.3) is 17.0 Å². The molecule has 2 aromatic carbocycles. The van der Waals surface area contributed by atoms with Gasteiger partial charge in [0, 0.05) is 34.6 Å². The van der Waals surface area contributed by atoms with Crippen LogP contribution in [0, 0.1) is 0 Å². The van der Waals surface area contributed by atoms with E-state index < -0.39 is 5.97 Å². The maximum absolute atomic E-state index is 12.5. The van der Waals surface area contributed by atoms with Crippen LogP contribution in [0.1, 0.15) is 11.1 Å². The van der Waals surface area contributed by atoms with Gasteiger partial charge >= 0.3 is 5.97 Å². The summed E-state index contributed by atoms with van der Waals surface area (Å²) in [5, 5.41) is 1.60. The Balaban J connectivity index is 1.58. The van der Waals surface area contributed by atoms with Crippen molar-refractivity contribution in [1.82, 2.24) is 4.98 Å². The highest BCUT2D eigenvalue weighted by Gasteiger charge is 2.25. The van der Waals surface area contributed by atoms with Crippen molar-refractivity contribution in [3.63, 3.8) is 0 Å². The number of hydrogen-bond acceptors (Lipinski definition) is 6. The molecule has 0 saturated carbocycles. The minimum absolute atomic E-state index is 0.242. The molecule has 0 atom stereocenters. The largest absolute Gasteiger partial charge is 0.402 e. The van der Waals surface area contributed by atoms with Gasteiger partial charge in [-0.3, -0.25) is 0 Å². The summed E-state index contributed by atoms with van der Waals surface area (Å²) in [7, 11) is 0. The molecule has 30 heavy (non-hydrogen) atoms. The molecule has 6 nitrogen and oxygen atoms in total. The zero-order valence-corrected chi connectivity index (χ0v) is 16.8. The minimum Gasteiger partial charge on any atom is -0.402 e. The van der Waals surface area contributed by atoms with Gasteiger partial charge in [-0.2, -0.15) is 0 Å². The molecule has 1 saturated heterocycles. The van der Waals surface area contributed by atoms with Crippen LogP contribution in [0.4, 0.5) is 5.82 Å². The average Bonchev–Trinajstić information content (AvgIpc) is 3.14. The Bertz CT molecular complexity index is 1180. The van der Waals surface area contributed by atoms with E-state index >= 15 is 0 Å². The van der Waals surface area contributed by atoms with Crippen LogP contribution in [0.2, 0.25) is 5.02 Å². The number of cyclic esters (lactones) is 1. The van der Waals surface area contributed by atoms with Crippen molar-refractivity contribution in [1.29, 1.82) is 0 Å². The molecule has 0 radical (unpaired) electrons. The maximum Gasteiger partial charge on any atom is 0.363 e. The third kappa shape index (κ3) is 3.67. The number of halogens is 1. The number of para-hydroxylation sites is 1. The first-order valence-corrected chi connectivity index (χ1v) is 10.1. The summed E-state index contributed by atoms with van der Waals surface area (Å²) in [6.07, 6.45) is 1.75. The molecule has 0 bridgehead atoms.